The van der Waals surface area contributed by atoms with Gasteiger partial charge < -0.3 is 20.7 Å². The molecule has 4 heterocycles. The minimum Gasteiger partial charge on any atom is -0.487 e. The minimum absolute atomic E-state index is 0.178. The number of benzene rings is 1. The largest absolute Gasteiger partial charge is 0.487 e. The molecule has 26 heavy (non-hydrogen) atoms. The van der Waals surface area contributed by atoms with E-state index in [4.69, 9.17) is 15.5 Å². The van der Waals surface area contributed by atoms with Gasteiger partial charge in [-0.25, -0.2) is 4.98 Å². The topological polar surface area (TPSA) is 80.7 Å². The van der Waals surface area contributed by atoms with Gasteiger partial charge in [0, 0.05) is 30.3 Å². The fourth-order valence-electron chi connectivity index (χ4n) is 3.76. The highest BCUT2D eigenvalue weighted by Gasteiger charge is 2.33. The molecule has 0 bridgehead atoms. The Morgan fingerprint density at radius 3 is 2.73 bits per heavy atom. The van der Waals surface area contributed by atoms with Crippen LogP contribution in [0.1, 0.15) is 11.3 Å². The number of hydrogen-bond donors (Lipinski definition) is 2. The molecule has 134 valence electrons. The van der Waals surface area contributed by atoms with Gasteiger partial charge >= 0.3 is 0 Å². The van der Waals surface area contributed by atoms with Crippen LogP contribution in [0.4, 0.5) is 11.5 Å². The summed E-state index contributed by atoms with van der Waals surface area (Å²) in [7, 11) is 0. The molecule has 2 aliphatic rings. The molecular weight excluding hydrogens is 328 g/mol. The van der Waals surface area contributed by atoms with Gasteiger partial charge in [0.2, 0.25) is 0 Å². The van der Waals surface area contributed by atoms with Gasteiger partial charge in [0.05, 0.1) is 25.0 Å². The zero-order valence-electron chi connectivity index (χ0n) is 14.6. The molecule has 0 aliphatic carbocycles. The fourth-order valence-corrected chi connectivity index (χ4v) is 3.76. The van der Waals surface area contributed by atoms with Crippen LogP contribution in [0.2, 0.25) is 0 Å². The maximum absolute atomic E-state index is 6.06. The molecular formula is C19H22N6O. The molecule has 3 aromatic rings. The Hall–Kier alpha value is -2.80. The van der Waals surface area contributed by atoms with Crippen LogP contribution in [0.3, 0.4) is 0 Å². The lowest BCUT2D eigenvalue weighted by Gasteiger charge is -2.41. The third kappa shape index (κ3) is 2.64. The van der Waals surface area contributed by atoms with Gasteiger partial charge in [-0.05, 0) is 37.2 Å². The van der Waals surface area contributed by atoms with E-state index in [-0.39, 0.29) is 6.10 Å². The van der Waals surface area contributed by atoms with E-state index in [0.29, 0.717) is 0 Å². The van der Waals surface area contributed by atoms with Crippen LogP contribution in [0.25, 0.3) is 5.65 Å². The van der Waals surface area contributed by atoms with Crippen LogP contribution in [-0.2, 0) is 12.8 Å². The summed E-state index contributed by atoms with van der Waals surface area (Å²) >= 11 is 0. The molecule has 0 unspecified atom stereocenters. The summed E-state index contributed by atoms with van der Waals surface area (Å²) in [5.41, 5.74) is 9.92. The maximum atomic E-state index is 6.06. The molecule has 7 heteroatoms. The molecule has 7 nitrogen and oxygen atoms in total. The molecule has 0 radical (unpaired) electrons. The molecule has 0 saturated carbocycles. The minimum atomic E-state index is 0.178. The number of fused-ring (bicyclic) bond motifs is 2. The summed E-state index contributed by atoms with van der Waals surface area (Å²) < 4.78 is 8.04. The molecule has 3 N–H and O–H groups in total. The Balaban J connectivity index is 1.40. The van der Waals surface area contributed by atoms with E-state index in [9.17, 15) is 0 Å². The van der Waals surface area contributed by atoms with Crippen molar-refractivity contribution in [2.45, 2.75) is 18.9 Å². The normalized spacial score (nSPS) is 17.6. The van der Waals surface area contributed by atoms with Crippen molar-refractivity contribution in [3.8, 4) is 5.75 Å². The van der Waals surface area contributed by atoms with Crippen molar-refractivity contribution in [3.05, 3.63) is 47.8 Å². The summed E-state index contributed by atoms with van der Waals surface area (Å²) in [6.07, 6.45) is 3.94. The van der Waals surface area contributed by atoms with E-state index in [1.165, 1.54) is 17.1 Å². The van der Waals surface area contributed by atoms with E-state index in [0.717, 1.165) is 56.1 Å². The Bertz CT molecular complexity index is 929. The van der Waals surface area contributed by atoms with Gasteiger partial charge in [-0.2, -0.15) is 9.61 Å². The standard InChI is InChI=1S/C19H22N6O/c20-13-1-3-14(4-2-13)26-15-11-24(12-15)19-16-5-8-21-9-6-17(16)23-18-7-10-22-25(18)19/h1-4,7,10,15,21H,5-6,8-9,11-12,20H2. The van der Waals surface area contributed by atoms with Crippen molar-refractivity contribution in [2.75, 3.05) is 36.8 Å². The number of nitrogens with two attached hydrogens (primary N) is 1. The summed E-state index contributed by atoms with van der Waals surface area (Å²) in [6.45, 7) is 3.66. The average molecular weight is 350 g/mol. The van der Waals surface area contributed by atoms with Gasteiger partial charge in [-0.15, -0.1) is 0 Å². The number of hydrogen-bond acceptors (Lipinski definition) is 6. The molecule has 0 amide bonds. The zero-order valence-corrected chi connectivity index (χ0v) is 14.6. The maximum Gasteiger partial charge on any atom is 0.157 e. The Kier molecular flexibility index (Phi) is 3.67. The van der Waals surface area contributed by atoms with Crippen molar-refractivity contribution >= 4 is 17.2 Å². The Morgan fingerprint density at radius 2 is 1.88 bits per heavy atom. The van der Waals surface area contributed by atoms with E-state index >= 15 is 0 Å². The molecule has 2 aromatic heterocycles. The molecule has 5 rings (SSSR count). The van der Waals surface area contributed by atoms with Crippen LogP contribution in [0.15, 0.2) is 36.5 Å². The highest BCUT2D eigenvalue weighted by Crippen LogP contribution is 2.30. The quantitative estimate of drug-likeness (QED) is 0.693. The Morgan fingerprint density at radius 1 is 1.08 bits per heavy atom. The molecule has 1 fully saturated rings. The monoisotopic (exact) mass is 350 g/mol. The van der Waals surface area contributed by atoms with Gasteiger partial charge in [0.1, 0.15) is 17.7 Å². The van der Waals surface area contributed by atoms with Crippen LogP contribution >= 0.6 is 0 Å². The second-order valence-corrected chi connectivity index (χ2v) is 6.93. The highest BCUT2D eigenvalue weighted by molar-refractivity contribution is 5.59. The van der Waals surface area contributed by atoms with Crippen LogP contribution in [0.5, 0.6) is 5.75 Å². The first kappa shape index (κ1) is 15.5. The smallest absolute Gasteiger partial charge is 0.157 e. The lowest BCUT2D eigenvalue weighted by atomic mass is 10.1. The zero-order chi connectivity index (χ0) is 17.5. The molecule has 0 atom stereocenters. The number of nitrogens with zero attached hydrogens (tertiary/aromatic N) is 4. The van der Waals surface area contributed by atoms with Gasteiger partial charge in [0.15, 0.2) is 5.65 Å². The van der Waals surface area contributed by atoms with Crippen LogP contribution < -0.4 is 20.7 Å². The van der Waals surface area contributed by atoms with E-state index in [2.05, 4.69) is 15.3 Å². The second-order valence-electron chi connectivity index (χ2n) is 6.93. The van der Waals surface area contributed by atoms with Crippen molar-refractivity contribution in [1.29, 1.82) is 0 Å². The summed E-state index contributed by atoms with van der Waals surface area (Å²) in [5.74, 6) is 2.04. The summed E-state index contributed by atoms with van der Waals surface area (Å²) in [4.78, 5) is 7.18. The molecule has 2 aliphatic heterocycles. The summed E-state index contributed by atoms with van der Waals surface area (Å²) in [6, 6.07) is 9.56. The summed E-state index contributed by atoms with van der Waals surface area (Å²) in [5, 5.41) is 7.98. The van der Waals surface area contributed by atoms with E-state index in [1.54, 1.807) is 0 Å². The van der Waals surface area contributed by atoms with Crippen molar-refractivity contribution in [3.63, 3.8) is 0 Å². The first-order chi connectivity index (χ1) is 12.8. The van der Waals surface area contributed by atoms with Crippen LogP contribution in [-0.4, -0.2) is 46.9 Å². The van der Waals surface area contributed by atoms with Crippen molar-refractivity contribution in [1.82, 2.24) is 19.9 Å². The first-order valence-corrected chi connectivity index (χ1v) is 9.11. The number of anilines is 2. The van der Waals surface area contributed by atoms with E-state index < -0.39 is 0 Å². The predicted molar refractivity (Wildman–Crippen MR) is 101 cm³/mol. The fraction of sp³-hybridized carbons (Fsp3) is 0.368. The van der Waals surface area contributed by atoms with Crippen molar-refractivity contribution < 1.29 is 4.74 Å². The van der Waals surface area contributed by atoms with Crippen LogP contribution in [0, 0.1) is 0 Å². The Labute approximate surface area is 151 Å². The number of ether oxygens (including phenoxy) is 1. The predicted octanol–water partition coefficient (Wildman–Crippen LogP) is 1.27. The first-order valence-electron chi connectivity index (χ1n) is 9.11. The number of nitrogen functional groups attached to an aromatic ring is 1. The molecule has 1 saturated heterocycles. The van der Waals surface area contributed by atoms with E-state index in [1.807, 2.05) is 41.0 Å². The van der Waals surface area contributed by atoms with Gasteiger partial charge in [-0.1, -0.05) is 0 Å². The molecule has 1 aromatic carbocycles. The number of nitrogens with one attached hydrogen (secondary N) is 1. The lowest BCUT2D eigenvalue weighted by molar-refractivity contribution is 0.166. The SMILES string of the molecule is Nc1ccc(OC2CN(c3c4c(nc5ccnn35)CCNCC4)C2)cc1. The highest BCUT2D eigenvalue weighted by atomic mass is 16.5. The average Bonchev–Trinajstić information content (AvgIpc) is 2.95. The number of rotatable bonds is 3. The third-order valence-electron chi connectivity index (χ3n) is 5.11. The second kappa shape index (κ2) is 6.17. The number of aromatic nitrogens is 3. The van der Waals surface area contributed by atoms with Gasteiger partial charge in [-0.3, -0.25) is 0 Å². The third-order valence-corrected chi connectivity index (χ3v) is 5.11. The van der Waals surface area contributed by atoms with Gasteiger partial charge in [0.25, 0.3) is 0 Å². The van der Waals surface area contributed by atoms with Crippen molar-refractivity contribution in [2.24, 2.45) is 0 Å². The lowest BCUT2D eigenvalue weighted by Crippen LogP contribution is -2.55. The molecule has 0 spiro atoms.